The average Bonchev–Trinajstić information content (AvgIpc) is 2.41. The minimum absolute atomic E-state index is 0.0182. The van der Waals surface area contributed by atoms with Crippen LogP contribution in [0.25, 0.3) is 0 Å². The lowest BCUT2D eigenvalue weighted by Gasteiger charge is -2.15. The van der Waals surface area contributed by atoms with E-state index in [9.17, 15) is 9.90 Å². The largest absolute Gasteiger partial charge is 0.508 e. The van der Waals surface area contributed by atoms with Gasteiger partial charge in [0.1, 0.15) is 5.75 Å². The zero-order chi connectivity index (χ0) is 15.6. The number of hydrogen-bond donors (Lipinski definition) is 3. The predicted octanol–water partition coefficient (Wildman–Crippen LogP) is 2.95. The maximum Gasteiger partial charge on any atom is 0.257 e. The van der Waals surface area contributed by atoms with Gasteiger partial charge in [0.15, 0.2) is 0 Å². The van der Waals surface area contributed by atoms with Gasteiger partial charge in [-0.2, -0.15) is 0 Å². The van der Waals surface area contributed by atoms with Gasteiger partial charge in [0.25, 0.3) is 5.91 Å². The van der Waals surface area contributed by atoms with Gasteiger partial charge in [0.2, 0.25) is 0 Å². The number of phenols is 1. The van der Waals surface area contributed by atoms with E-state index in [0.29, 0.717) is 16.4 Å². The third-order valence-corrected chi connectivity index (χ3v) is 3.27. The van der Waals surface area contributed by atoms with E-state index in [0.717, 1.165) is 5.69 Å². The van der Waals surface area contributed by atoms with Crippen molar-refractivity contribution in [1.82, 2.24) is 0 Å². The van der Waals surface area contributed by atoms with Crippen molar-refractivity contribution in [3.63, 3.8) is 0 Å². The van der Waals surface area contributed by atoms with Gasteiger partial charge in [-0.05, 0) is 36.4 Å². The van der Waals surface area contributed by atoms with Crippen LogP contribution in [0.2, 0.25) is 5.02 Å². The summed E-state index contributed by atoms with van der Waals surface area (Å²) in [7, 11) is 3.76. The zero-order valence-corrected chi connectivity index (χ0v) is 12.5. The predicted molar refractivity (Wildman–Crippen MR) is 86.3 cm³/mol. The molecule has 0 fully saturated rings. The van der Waals surface area contributed by atoms with Crippen LogP contribution in [0, 0.1) is 0 Å². The number of phenolic OH excluding ortho intramolecular Hbond substituents is 1. The van der Waals surface area contributed by atoms with Gasteiger partial charge in [-0.15, -0.1) is 0 Å². The lowest BCUT2D eigenvalue weighted by molar-refractivity contribution is 0.102. The monoisotopic (exact) mass is 305 g/mol. The van der Waals surface area contributed by atoms with Crippen LogP contribution in [-0.4, -0.2) is 25.1 Å². The number of anilines is 3. The molecule has 0 radical (unpaired) electrons. The molecule has 21 heavy (non-hydrogen) atoms. The molecule has 0 spiro atoms. The molecule has 0 atom stereocenters. The van der Waals surface area contributed by atoms with E-state index in [1.807, 2.05) is 25.1 Å². The van der Waals surface area contributed by atoms with Crippen LogP contribution in [-0.2, 0) is 0 Å². The Kier molecular flexibility index (Phi) is 4.23. The molecule has 2 rings (SSSR count). The molecular weight excluding hydrogens is 290 g/mol. The highest BCUT2D eigenvalue weighted by Crippen LogP contribution is 2.28. The zero-order valence-electron chi connectivity index (χ0n) is 11.7. The van der Waals surface area contributed by atoms with E-state index < -0.39 is 5.91 Å². The smallest absolute Gasteiger partial charge is 0.257 e. The number of nitrogens with zero attached hydrogens (tertiary/aromatic N) is 1. The van der Waals surface area contributed by atoms with E-state index in [2.05, 4.69) is 5.32 Å². The number of hydrogen-bond acceptors (Lipinski definition) is 4. The second kappa shape index (κ2) is 5.93. The molecule has 0 bridgehead atoms. The molecule has 2 aromatic rings. The molecule has 0 aliphatic heterocycles. The number of nitrogen functional groups attached to an aromatic ring is 1. The topological polar surface area (TPSA) is 78.6 Å². The summed E-state index contributed by atoms with van der Waals surface area (Å²) in [5.41, 5.74) is 7.64. The van der Waals surface area contributed by atoms with Gasteiger partial charge >= 0.3 is 0 Å². The van der Waals surface area contributed by atoms with Crippen LogP contribution in [0.3, 0.4) is 0 Å². The van der Waals surface area contributed by atoms with Crippen molar-refractivity contribution in [3.05, 3.63) is 47.0 Å². The van der Waals surface area contributed by atoms with Crippen LogP contribution in [0.4, 0.5) is 17.1 Å². The molecule has 0 unspecified atom stereocenters. The molecule has 6 heteroatoms. The van der Waals surface area contributed by atoms with E-state index >= 15 is 0 Å². The van der Waals surface area contributed by atoms with Crippen molar-refractivity contribution in [1.29, 1.82) is 0 Å². The highest BCUT2D eigenvalue weighted by molar-refractivity contribution is 6.33. The number of amides is 1. The fraction of sp³-hybridized carbons (Fsp3) is 0.133. The third kappa shape index (κ3) is 3.38. The molecule has 0 aliphatic carbocycles. The van der Waals surface area contributed by atoms with Gasteiger partial charge in [-0.3, -0.25) is 4.79 Å². The van der Waals surface area contributed by atoms with Crippen molar-refractivity contribution in [2.24, 2.45) is 0 Å². The maximum absolute atomic E-state index is 12.2. The van der Waals surface area contributed by atoms with Crippen LogP contribution in [0.15, 0.2) is 36.4 Å². The van der Waals surface area contributed by atoms with E-state index in [1.165, 1.54) is 18.2 Å². The first-order valence-electron chi connectivity index (χ1n) is 6.25. The van der Waals surface area contributed by atoms with Crippen LogP contribution in [0.1, 0.15) is 10.4 Å². The van der Waals surface area contributed by atoms with E-state index in [1.54, 1.807) is 12.1 Å². The number of rotatable bonds is 3. The first-order chi connectivity index (χ1) is 9.88. The minimum Gasteiger partial charge on any atom is -0.508 e. The summed E-state index contributed by atoms with van der Waals surface area (Å²) < 4.78 is 0. The molecule has 2 aromatic carbocycles. The van der Waals surface area contributed by atoms with Crippen LogP contribution >= 0.6 is 11.6 Å². The molecule has 0 aromatic heterocycles. The first-order valence-corrected chi connectivity index (χ1v) is 6.63. The molecule has 5 nitrogen and oxygen atoms in total. The van der Waals surface area contributed by atoms with Gasteiger partial charge < -0.3 is 21.1 Å². The second-order valence-electron chi connectivity index (χ2n) is 4.79. The SMILES string of the molecule is CN(C)c1ccc(NC(=O)c2cc(O)ccc2N)cc1Cl. The lowest BCUT2D eigenvalue weighted by atomic mass is 10.1. The second-order valence-corrected chi connectivity index (χ2v) is 5.19. The summed E-state index contributed by atoms with van der Waals surface area (Å²) in [5, 5.41) is 12.7. The molecule has 0 heterocycles. The quantitative estimate of drug-likeness (QED) is 0.602. The summed E-state index contributed by atoms with van der Waals surface area (Å²) in [4.78, 5) is 14.0. The Hall–Kier alpha value is -2.40. The fourth-order valence-corrected chi connectivity index (χ4v) is 2.24. The molecule has 0 saturated heterocycles. The molecule has 0 aliphatic rings. The highest BCUT2D eigenvalue weighted by Gasteiger charge is 2.12. The standard InChI is InChI=1S/C15H16ClN3O2/c1-19(2)14-6-3-9(7-12(14)16)18-15(21)11-8-10(20)4-5-13(11)17/h3-8,20H,17H2,1-2H3,(H,18,21). The lowest BCUT2D eigenvalue weighted by Crippen LogP contribution is -2.14. The van der Waals surface area contributed by atoms with Crippen molar-refractivity contribution < 1.29 is 9.90 Å². The Balaban J connectivity index is 2.24. The van der Waals surface area contributed by atoms with Gasteiger partial charge in [0, 0.05) is 25.5 Å². The van der Waals surface area contributed by atoms with Gasteiger partial charge in [-0.25, -0.2) is 0 Å². The Morgan fingerprint density at radius 1 is 1.24 bits per heavy atom. The molecule has 1 amide bonds. The summed E-state index contributed by atoms with van der Waals surface area (Å²) in [6.07, 6.45) is 0. The minimum atomic E-state index is -0.405. The highest BCUT2D eigenvalue weighted by atomic mass is 35.5. The Labute approximate surface area is 127 Å². The number of carbonyl (C=O) groups excluding carboxylic acids is 1. The number of benzene rings is 2. The fourth-order valence-electron chi connectivity index (χ4n) is 1.89. The number of nitrogens with two attached hydrogens (primary N) is 1. The summed E-state index contributed by atoms with van der Waals surface area (Å²) >= 11 is 6.15. The van der Waals surface area contributed by atoms with Crippen molar-refractivity contribution in [2.45, 2.75) is 0 Å². The van der Waals surface area contributed by atoms with Crippen molar-refractivity contribution in [2.75, 3.05) is 30.0 Å². The molecule has 110 valence electrons. The molecule has 4 N–H and O–H groups in total. The summed E-state index contributed by atoms with van der Waals surface area (Å²) in [6.45, 7) is 0. The van der Waals surface area contributed by atoms with Crippen LogP contribution in [0.5, 0.6) is 5.75 Å². The number of carbonyl (C=O) groups is 1. The average molecular weight is 306 g/mol. The van der Waals surface area contributed by atoms with Gasteiger partial charge in [-0.1, -0.05) is 11.6 Å². The number of aromatic hydroxyl groups is 1. The Morgan fingerprint density at radius 3 is 2.57 bits per heavy atom. The van der Waals surface area contributed by atoms with E-state index in [-0.39, 0.29) is 11.3 Å². The van der Waals surface area contributed by atoms with Crippen molar-refractivity contribution in [3.8, 4) is 5.75 Å². The Bertz CT molecular complexity index is 687. The normalized spacial score (nSPS) is 10.2. The number of nitrogens with one attached hydrogen (secondary N) is 1. The van der Waals surface area contributed by atoms with E-state index in [4.69, 9.17) is 17.3 Å². The summed E-state index contributed by atoms with van der Waals surface area (Å²) in [5.74, 6) is -0.424. The molecular formula is C15H16ClN3O2. The third-order valence-electron chi connectivity index (χ3n) is 2.97. The van der Waals surface area contributed by atoms with Crippen molar-refractivity contribution >= 4 is 34.6 Å². The van der Waals surface area contributed by atoms with Gasteiger partial charge in [0.05, 0.1) is 16.3 Å². The molecule has 0 saturated carbocycles. The number of halogens is 1. The maximum atomic E-state index is 12.2. The van der Waals surface area contributed by atoms with Crippen LogP contribution < -0.4 is 16.0 Å². The Morgan fingerprint density at radius 2 is 1.95 bits per heavy atom. The first kappa shape index (κ1) is 15.0. The summed E-state index contributed by atoms with van der Waals surface area (Å²) in [6, 6.07) is 9.44.